The molecule has 200 valence electrons. The van der Waals surface area contributed by atoms with E-state index in [1.165, 1.54) is 24.7 Å². The van der Waals surface area contributed by atoms with E-state index in [4.69, 9.17) is 5.73 Å². The number of hydrogen-bond donors (Lipinski definition) is 7. The average molecular weight is 523 g/mol. The lowest BCUT2D eigenvalue weighted by Gasteiger charge is -2.22. The van der Waals surface area contributed by atoms with Crippen LogP contribution in [0.25, 0.3) is 0 Å². The third-order valence-electron chi connectivity index (χ3n) is 5.68. The van der Waals surface area contributed by atoms with Crippen molar-refractivity contribution in [3.8, 4) is 5.75 Å². The summed E-state index contributed by atoms with van der Waals surface area (Å²) in [4.78, 5) is 56.5. The lowest BCUT2D eigenvalue weighted by Crippen LogP contribution is -2.55. The average Bonchev–Trinajstić information content (AvgIpc) is 3.41. The number of aromatic amines is 1. The van der Waals surface area contributed by atoms with E-state index in [1.807, 2.05) is 30.3 Å². The minimum atomic E-state index is -1.28. The topological polar surface area (TPSA) is 200 Å². The maximum atomic E-state index is 13.1. The van der Waals surface area contributed by atoms with E-state index >= 15 is 0 Å². The quantitative estimate of drug-likeness (QED) is 0.158. The van der Waals surface area contributed by atoms with Gasteiger partial charge >= 0.3 is 5.97 Å². The number of carboxylic acid groups (broad SMARTS) is 1. The van der Waals surface area contributed by atoms with Crippen molar-refractivity contribution in [2.24, 2.45) is 5.73 Å². The molecule has 38 heavy (non-hydrogen) atoms. The number of carbonyl (C=O) groups is 4. The van der Waals surface area contributed by atoms with Crippen molar-refractivity contribution in [3.63, 3.8) is 0 Å². The van der Waals surface area contributed by atoms with Crippen molar-refractivity contribution in [1.82, 2.24) is 25.9 Å². The molecule has 2 aromatic carbocycles. The van der Waals surface area contributed by atoms with Gasteiger partial charge in [0.2, 0.25) is 17.7 Å². The van der Waals surface area contributed by atoms with E-state index in [1.54, 1.807) is 12.1 Å². The Bertz CT molecular complexity index is 1220. The zero-order valence-corrected chi connectivity index (χ0v) is 20.5. The van der Waals surface area contributed by atoms with Crippen LogP contribution in [0.2, 0.25) is 0 Å². The van der Waals surface area contributed by atoms with E-state index in [9.17, 15) is 29.4 Å². The number of carboxylic acids is 1. The van der Waals surface area contributed by atoms with Gasteiger partial charge in [0.05, 0.1) is 18.9 Å². The van der Waals surface area contributed by atoms with Crippen LogP contribution in [0.5, 0.6) is 5.75 Å². The smallest absolute Gasteiger partial charge is 0.326 e. The van der Waals surface area contributed by atoms with E-state index in [0.717, 1.165) is 5.56 Å². The number of phenols is 1. The lowest BCUT2D eigenvalue weighted by atomic mass is 10.0. The standard InChI is InChI=1S/C26H30N6O6/c27-20(10-16-4-2-1-3-5-16)24(35)29-14-23(34)31-21(11-17-6-8-19(33)9-7-17)25(36)32-22(26(37)38)12-18-13-28-15-30-18/h1-9,13,15,20-22,33H,10-12,14,27H2,(H,28,30)(H,29,35)(H,31,34)(H,32,36)(H,37,38). The Morgan fingerprint density at radius 2 is 1.55 bits per heavy atom. The molecule has 0 aliphatic carbocycles. The maximum absolute atomic E-state index is 13.1. The molecule has 3 atom stereocenters. The zero-order valence-electron chi connectivity index (χ0n) is 20.5. The number of aromatic nitrogens is 2. The van der Waals surface area contributed by atoms with Crippen molar-refractivity contribution in [2.75, 3.05) is 6.54 Å². The zero-order chi connectivity index (χ0) is 27.5. The maximum Gasteiger partial charge on any atom is 0.326 e. The van der Waals surface area contributed by atoms with Gasteiger partial charge in [0.15, 0.2) is 0 Å². The monoisotopic (exact) mass is 522 g/mol. The van der Waals surface area contributed by atoms with Crippen LogP contribution in [0.15, 0.2) is 67.1 Å². The van der Waals surface area contributed by atoms with Crippen LogP contribution in [0.4, 0.5) is 0 Å². The minimum Gasteiger partial charge on any atom is -0.508 e. The summed E-state index contributed by atoms with van der Waals surface area (Å²) in [5, 5.41) is 26.6. The Morgan fingerprint density at radius 3 is 2.18 bits per heavy atom. The summed E-state index contributed by atoms with van der Waals surface area (Å²) in [6.07, 6.45) is 3.09. The number of rotatable bonds is 13. The van der Waals surface area contributed by atoms with Gasteiger partial charge in [-0.15, -0.1) is 0 Å². The number of aromatic hydroxyl groups is 1. The van der Waals surface area contributed by atoms with Gasteiger partial charge in [-0.25, -0.2) is 9.78 Å². The summed E-state index contributed by atoms with van der Waals surface area (Å²) >= 11 is 0. The molecule has 8 N–H and O–H groups in total. The second-order valence-corrected chi connectivity index (χ2v) is 8.69. The lowest BCUT2D eigenvalue weighted by molar-refractivity contribution is -0.142. The highest BCUT2D eigenvalue weighted by Gasteiger charge is 2.27. The first-order chi connectivity index (χ1) is 18.2. The molecule has 0 bridgehead atoms. The Balaban J connectivity index is 1.62. The first-order valence-electron chi connectivity index (χ1n) is 11.9. The number of carbonyl (C=O) groups excluding carboxylic acids is 3. The predicted octanol–water partition coefficient (Wildman–Crippen LogP) is -0.359. The van der Waals surface area contributed by atoms with Gasteiger partial charge in [-0.3, -0.25) is 14.4 Å². The molecule has 1 heterocycles. The van der Waals surface area contributed by atoms with Crippen LogP contribution in [-0.2, 0) is 38.4 Å². The molecule has 0 saturated carbocycles. The van der Waals surface area contributed by atoms with Gasteiger partial charge in [0, 0.05) is 24.7 Å². The van der Waals surface area contributed by atoms with Crippen LogP contribution < -0.4 is 21.7 Å². The molecule has 0 aliphatic rings. The molecule has 0 spiro atoms. The van der Waals surface area contributed by atoms with Crippen LogP contribution >= 0.6 is 0 Å². The van der Waals surface area contributed by atoms with Gasteiger partial charge in [-0.2, -0.15) is 0 Å². The van der Waals surface area contributed by atoms with E-state index in [0.29, 0.717) is 11.3 Å². The fourth-order valence-corrected chi connectivity index (χ4v) is 3.67. The molecule has 3 rings (SSSR count). The minimum absolute atomic E-state index is 0.00964. The van der Waals surface area contributed by atoms with E-state index in [-0.39, 0.29) is 25.0 Å². The van der Waals surface area contributed by atoms with Gasteiger partial charge < -0.3 is 36.9 Å². The molecule has 0 fully saturated rings. The number of phenolic OH excluding ortho intramolecular Hbond substituents is 1. The summed E-state index contributed by atoms with van der Waals surface area (Å²) in [7, 11) is 0. The Morgan fingerprint density at radius 1 is 0.868 bits per heavy atom. The molecule has 3 amide bonds. The van der Waals surface area contributed by atoms with Crippen molar-refractivity contribution in [2.45, 2.75) is 37.4 Å². The molecule has 0 aliphatic heterocycles. The number of nitrogens with two attached hydrogens (primary N) is 1. The molecule has 3 unspecified atom stereocenters. The summed E-state index contributed by atoms with van der Waals surface area (Å²) < 4.78 is 0. The van der Waals surface area contributed by atoms with E-state index in [2.05, 4.69) is 25.9 Å². The number of nitrogens with one attached hydrogen (secondary N) is 4. The molecule has 12 heteroatoms. The third kappa shape index (κ3) is 8.75. The summed E-state index contributed by atoms with van der Waals surface area (Å²) in [5.41, 5.74) is 7.93. The van der Waals surface area contributed by atoms with Crippen molar-refractivity contribution >= 4 is 23.7 Å². The Kier molecular flexibility index (Phi) is 9.94. The Labute approximate surface area is 218 Å². The molecular formula is C26H30N6O6. The van der Waals surface area contributed by atoms with Crippen molar-refractivity contribution in [1.29, 1.82) is 0 Å². The first kappa shape index (κ1) is 27.9. The fourth-order valence-electron chi connectivity index (χ4n) is 3.67. The molecular weight excluding hydrogens is 492 g/mol. The van der Waals surface area contributed by atoms with Crippen LogP contribution in [0.3, 0.4) is 0 Å². The molecule has 0 saturated heterocycles. The predicted molar refractivity (Wildman–Crippen MR) is 137 cm³/mol. The van der Waals surface area contributed by atoms with Gasteiger partial charge in [-0.05, 0) is 29.7 Å². The number of imidazole rings is 1. The highest BCUT2D eigenvalue weighted by Crippen LogP contribution is 2.12. The molecule has 1 aromatic heterocycles. The molecule has 12 nitrogen and oxygen atoms in total. The Hall–Kier alpha value is -4.71. The van der Waals surface area contributed by atoms with Gasteiger partial charge in [0.1, 0.15) is 17.8 Å². The summed E-state index contributed by atoms with van der Waals surface area (Å²) in [5.74, 6) is -3.16. The largest absolute Gasteiger partial charge is 0.508 e. The third-order valence-corrected chi connectivity index (χ3v) is 5.68. The fraction of sp³-hybridized carbons (Fsp3) is 0.269. The molecule has 0 radical (unpaired) electrons. The SMILES string of the molecule is NC(Cc1ccccc1)C(=O)NCC(=O)NC(Cc1ccc(O)cc1)C(=O)NC(Cc1cnc[nH]1)C(=O)O. The number of hydrogen-bond acceptors (Lipinski definition) is 7. The van der Waals surface area contributed by atoms with Gasteiger partial charge in [-0.1, -0.05) is 42.5 Å². The highest BCUT2D eigenvalue weighted by molar-refractivity contribution is 5.92. The van der Waals surface area contributed by atoms with Crippen LogP contribution in [-0.4, -0.2) is 68.5 Å². The summed E-state index contributed by atoms with van der Waals surface area (Å²) in [6, 6.07) is 11.9. The van der Waals surface area contributed by atoms with Crippen LogP contribution in [0, 0.1) is 0 Å². The van der Waals surface area contributed by atoms with Gasteiger partial charge in [0.25, 0.3) is 0 Å². The first-order valence-corrected chi connectivity index (χ1v) is 11.9. The number of nitrogens with zero attached hydrogens (tertiary/aromatic N) is 1. The van der Waals surface area contributed by atoms with E-state index < -0.39 is 48.4 Å². The van der Waals surface area contributed by atoms with Crippen molar-refractivity contribution < 1.29 is 29.4 Å². The second-order valence-electron chi connectivity index (χ2n) is 8.69. The van der Waals surface area contributed by atoms with Crippen molar-refractivity contribution in [3.05, 3.63) is 83.9 Å². The number of H-pyrrole nitrogens is 1. The number of aliphatic carboxylic acids is 1. The second kappa shape index (κ2) is 13.6. The number of amides is 3. The molecule has 3 aromatic rings. The summed E-state index contributed by atoms with van der Waals surface area (Å²) in [6.45, 7) is -0.433. The normalized spacial score (nSPS) is 13.1. The highest BCUT2D eigenvalue weighted by atomic mass is 16.4. The number of benzene rings is 2. The van der Waals surface area contributed by atoms with Crippen LogP contribution in [0.1, 0.15) is 16.8 Å².